The smallest absolute Gasteiger partial charge is 0.326 e. The van der Waals surface area contributed by atoms with E-state index in [-0.39, 0.29) is 121 Å². The fraction of sp³-hybridized carbons (Fsp3) is 0.556. The van der Waals surface area contributed by atoms with E-state index in [0.717, 1.165) is 4.90 Å². The number of carboxylic acids is 1. The molecule has 2 unspecified atom stereocenters. The molecule has 0 saturated carbocycles. The van der Waals surface area contributed by atoms with E-state index in [2.05, 4.69) is 46.9 Å². The molecule has 4 rings (SSSR count). The van der Waals surface area contributed by atoms with Crippen molar-refractivity contribution in [3.63, 3.8) is 0 Å². The van der Waals surface area contributed by atoms with Crippen LogP contribution >= 0.6 is 0 Å². The lowest BCUT2D eigenvalue weighted by Crippen LogP contribution is -2.59. The van der Waals surface area contributed by atoms with Crippen LogP contribution in [-0.4, -0.2) is 185 Å². The summed E-state index contributed by atoms with van der Waals surface area (Å²) in [4.78, 5) is 139. The third kappa shape index (κ3) is 23.1. The van der Waals surface area contributed by atoms with Crippen LogP contribution in [0.2, 0.25) is 0 Å². The van der Waals surface area contributed by atoms with Crippen molar-refractivity contribution >= 4 is 71.1 Å². The van der Waals surface area contributed by atoms with Gasteiger partial charge in [0, 0.05) is 52.0 Å². The highest BCUT2D eigenvalue weighted by Gasteiger charge is 2.46. The van der Waals surface area contributed by atoms with Crippen LogP contribution in [0.5, 0.6) is 0 Å². The first-order chi connectivity index (χ1) is 39.4. The summed E-state index contributed by atoms with van der Waals surface area (Å²) in [5.74, 6) is -7.74. The minimum absolute atomic E-state index is 0.0187. The molecule has 0 spiro atoms. The largest absolute Gasteiger partial charge is 0.480 e. The zero-order chi connectivity index (χ0) is 61.2. The van der Waals surface area contributed by atoms with Gasteiger partial charge in [0.1, 0.15) is 42.3 Å². The summed E-state index contributed by atoms with van der Waals surface area (Å²) in [6, 6.07) is 7.59. The molecule has 29 nitrogen and oxygen atoms in total. The highest BCUT2D eigenvalue weighted by Crippen LogP contribution is 2.27. The van der Waals surface area contributed by atoms with Gasteiger partial charge >= 0.3 is 5.97 Å². The Bertz CT molecular complexity index is 2600. The average Bonchev–Trinajstić information content (AvgIpc) is 3.84. The number of aliphatic hydroxyl groups excluding tert-OH is 1. The number of carboxylic acid groups (broad SMARTS) is 1. The SMILES string of the molecule is CC(C)CC(NC(=O)[C@@H](Cc1ccccc1)NC(=O)[C@H](Cc1ccccc1)NC(=O)CNC(=O)[C@@H]1C[C@H](O)CN1C(=O)[C@@H]1CCCN1C(=O)[C@H](CCCN=C(N)N)NC(=O)[C@H](N)CCCN=C(N)N)C(=O)NC(CCCN=C(N)N)C(=O)O. The summed E-state index contributed by atoms with van der Waals surface area (Å²) in [6.07, 6.45) is 0.343. The standard InChI is InChI=1S/C54H84N18O11/c1-31(2)25-38(45(76)68-37(51(82)83)19-11-23-64-54(60)61)69-47(78)40(27-33-15-7-4-8-16-33)70-46(77)39(26-32-13-5-3-6-14-32)66-43(74)29-65-48(79)42-28-34(73)30-72(42)50(81)41-20-12-24-71(41)49(80)36(18-10-22-63-53(58)59)67-44(75)35(55)17-9-21-62-52(56)57/h3-8,13-16,31,34-42,73H,9-12,17-30,55H2,1-2H3,(H,65,79)(H,66,74)(H,67,75)(H,68,76)(H,69,78)(H,70,77)(H,82,83)(H4,56,57,62)(H4,58,59,63)(H4,60,61,64)/t34-,35+,36-,37?,38?,39-,40+,41-,42-/m0/s1. The Labute approximate surface area is 482 Å². The van der Waals surface area contributed by atoms with Crippen molar-refractivity contribution in [2.45, 2.75) is 145 Å². The molecule has 8 amide bonds. The number of benzene rings is 2. The van der Waals surface area contributed by atoms with Gasteiger partial charge in [0.25, 0.3) is 0 Å². The first-order valence-corrected chi connectivity index (χ1v) is 27.7. The lowest BCUT2D eigenvalue weighted by Gasteiger charge is -2.33. The number of likely N-dealkylation sites (tertiary alicyclic amines) is 2. The zero-order valence-corrected chi connectivity index (χ0v) is 47.1. The lowest BCUT2D eigenvalue weighted by molar-refractivity contribution is -0.148. The van der Waals surface area contributed by atoms with E-state index < -0.39 is 114 Å². The number of amides is 8. The number of nitrogens with two attached hydrogens (primary N) is 7. The molecule has 2 aliphatic rings. The van der Waals surface area contributed by atoms with E-state index in [9.17, 15) is 53.4 Å². The molecule has 2 fully saturated rings. The van der Waals surface area contributed by atoms with Crippen LogP contribution in [0.25, 0.3) is 0 Å². The number of carbonyl (C=O) groups excluding carboxylic acids is 8. The van der Waals surface area contributed by atoms with Gasteiger partial charge in [0.15, 0.2) is 17.9 Å². The van der Waals surface area contributed by atoms with E-state index in [1.54, 1.807) is 60.7 Å². The lowest BCUT2D eigenvalue weighted by atomic mass is 9.99. The fourth-order valence-electron chi connectivity index (χ4n) is 9.60. The molecule has 83 heavy (non-hydrogen) atoms. The molecule has 0 radical (unpaired) electrons. The highest BCUT2D eigenvalue weighted by atomic mass is 16.4. The molecule has 0 aromatic heterocycles. The summed E-state index contributed by atoms with van der Waals surface area (Å²) in [5.41, 5.74) is 39.9. The normalized spacial score (nSPS) is 17.7. The minimum atomic E-state index is -1.35. The molecule has 2 aromatic carbocycles. The number of nitrogens with zero attached hydrogens (tertiary/aromatic N) is 5. The predicted molar refractivity (Wildman–Crippen MR) is 309 cm³/mol. The summed E-state index contributed by atoms with van der Waals surface area (Å²) in [5, 5.41) is 36.6. The fourth-order valence-corrected chi connectivity index (χ4v) is 9.60. The van der Waals surface area contributed by atoms with Gasteiger partial charge in [-0.1, -0.05) is 74.5 Å². The second-order valence-corrected chi connectivity index (χ2v) is 21.0. The Morgan fingerprint density at radius 2 is 1.07 bits per heavy atom. The van der Waals surface area contributed by atoms with Crippen LogP contribution < -0.4 is 72.0 Å². The first kappa shape index (κ1) is 66.9. The average molecular weight is 1160 g/mol. The Morgan fingerprint density at radius 1 is 0.602 bits per heavy atom. The maximum absolute atomic E-state index is 14.4. The van der Waals surface area contributed by atoms with Crippen LogP contribution in [0, 0.1) is 5.92 Å². The molecule has 9 atom stereocenters. The number of aliphatic imine (C=N–C) groups is 3. The van der Waals surface area contributed by atoms with E-state index in [0.29, 0.717) is 24.0 Å². The van der Waals surface area contributed by atoms with Crippen molar-refractivity contribution in [1.29, 1.82) is 0 Å². The molecule has 2 saturated heterocycles. The van der Waals surface area contributed by atoms with Crippen molar-refractivity contribution < 1.29 is 53.4 Å². The Kier molecular flexibility index (Phi) is 27.4. The number of nitrogens with one attached hydrogen (secondary N) is 6. The van der Waals surface area contributed by atoms with Gasteiger partial charge in [-0.05, 0) is 74.8 Å². The first-order valence-electron chi connectivity index (χ1n) is 27.7. The molecule has 22 N–H and O–H groups in total. The summed E-state index contributed by atoms with van der Waals surface area (Å²) in [7, 11) is 0. The summed E-state index contributed by atoms with van der Waals surface area (Å²) >= 11 is 0. The van der Waals surface area contributed by atoms with Crippen molar-refractivity contribution in [3.8, 4) is 0 Å². The quantitative estimate of drug-likeness (QED) is 0.0182. The third-order valence-corrected chi connectivity index (χ3v) is 13.7. The maximum Gasteiger partial charge on any atom is 0.326 e. The van der Waals surface area contributed by atoms with Crippen LogP contribution in [0.1, 0.15) is 89.2 Å². The van der Waals surface area contributed by atoms with Crippen molar-refractivity contribution in [1.82, 2.24) is 41.7 Å². The van der Waals surface area contributed by atoms with Gasteiger partial charge in [-0.15, -0.1) is 0 Å². The molecule has 2 heterocycles. The Morgan fingerprint density at radius 3 is 1.59 bits per heavy atom. The number of guanidine groups is 3. The number of aliphatic hydroxyl groups is 1. The number of hydrogen-bond acceptors (Lipinski definition) is 14. The number of rotatable bonds is 33. The van der Waals surface area contributed by atoms with Crippen LogP contribution in [0.4, 0.5) is 0 Å². The van der Waals surface area contributed by atoms with E-state index >= 15 is 0 Å². The monoisotopic (exact) mass is 1160 g/mol. The van der Waals surface area contributed by atoms with E-state index in [1.807, 2.05) is 13.8 Å². The van der Waals surface area contributed by atoms with Crippen LogP contribution in [-0.2, 0) is 56.0 Å². The summed E-state index contributed by atoms with van der Waals surface area (Å²) < 4.78 is 0. The molecule has 0 aliphatic carbocycles. The van der Waals surface area contributed by atoms with E-state index in [4.69, 9.17) is 40.1 Å². The molecule has 29 heteroatoms. The number of aliphatic carboxylic acids is 1. The number of carbonyl (C=O) groups is 9. The minimum Gasteiger partial charge on any atom is -0.480 e. The van der Waals surface area contributed by atoms with Gasteiger partial charge in [-0.2, -0.15) is 0 Å². The zero-order valence-electron chi connectivity index (χ0n) is 47.1. The van der Waals surface area contributed by atoms with Gasteiger partial charge in [0.05, 0.1) is 18.7 Å². The van der Waals surface area contributed by atoms with E-state index in [1.165, 1.54) is 4.90 Å². The van der Waals surface area contributed by atoms with Crippen molar-refractivity contribution in [2.24, 2.45) is 61.0 Å². The van der Waals surface area contributed by atoms with Gasteiger partial charge in [0.2, 0.25) is 47.3 Å². The molecular formula is C54H84N18O11. The van der Waals surface area contributed by atoms with Crippen molar-refractivity contribution in [3.05, 3.63) is 71.8 Å². The van der Waals surface area contributed by atoms with Crippen LogP contribution in [0.3, 0.4) is 0 Å². The highest BCUT2D eigenvalue weighted by molar-refractivity contribution is 5.98. The van der Waals surface area contributed by atoms with Gasteiger partial charge in [-0.3, -0.25) is 53.3 Å². The molecule has 2 aliphatic heterocycles. The number of hydrogen-bond donors (Lipinski definition) is 15. The Hall–Kier alpha value is -8.60. The predicted octanol–water partition coefficient (Wildman–Crippen LogP) is -4.42. The topological polar surface area (TPSA) is 492 Å². The second kappa shape index (κ2) is 34.0. The molecule has 0 bridgehead atoms. The Balaban J connectivity index is 1.49. The number of β-amino-alcohol motifs (C(OH)–C–C–N with tert-alkyl or cyclic N) is 1. The summed E-state index contributed by atoms with van der Waals surface area (Å²) in [6.45, 7) is 3.29. The van der Waals surface area contributed by atoms with Gasteiger partial charge in [-0.25, -0.2) is 4.79 Å². The second-order valence-electron chi connectivity index (χ2n) is 21.0. The van der Waals surface area contributed by atoms with Crippen LogP contribution in [0.15, 0.2) is 75.6 Å². The molecule has 2 aromatic rings. The third-order valence-electron chi connectivity index (χ3n) is 13.7. The maximum atomic E-state index is 14.4. The van der Waals surface area contributed by atoms with Gasteiger partial charge < -0.3 is 92.0 Å². The molecular weight excluding hydrogens is 1080 g/mol. The molecule has 456 valence electrons. The van der Waals surface area contributed by atoms with Crippen molar-refractivity contribution in [2.75, 3.05) is 39.3 Å².